The third-order valence-electron chi connectivity index (χ3n) is 4.00. The number of carbonyl (C=O) groups is 1. The molecular formula is C15H22N2O3. The quantitative estimate of drug-likeness (QED) is 0.768. The van der Waals surface area contributed by atoms with Crippen LogP contribution in [0.3, 0.4) is 0 Å². The molecule has 1 aromatic rings. The van der Waals surface area contributed by atoms with Crippen LogP contribution in [0, 0.1) is 5.41 Å². The first-order chi connectivity index (χ1) is 9.43. The van der Waals surface area contributed by atoms with Crippen molar-refractivity contribution in [1.82, 2.24) is 0 Å². The van der Waals surface area contributed by atoms with Crippen LogP contribution in [0.2, 0.25) is 0 Å². The van der Waals surface area contributed by atoms with Gasteiger partial charge in [-0.25, -0.2) is 0 Å². The number of nitrogens with one attached hydrogen (secondary N) is 2. The lowest BCUT2D eigenvalue weighted by molar-refractivity contribution is -0.119. The molecule has 0 radical (unpaired) electrons. The Labute approximate surface area is 119 Å². The number of methoxy groups -OCH3 is 1. The highest BCUT2D eigenvalue weighted by atomic mass is 16.5. The van der Waals surface area contributed by atoms with Crippen molar-refractivity contribution in [2.24, 2.45) is 5.41 Å². The molecule has 0 spiro atoms. The maximum atomic E-state index is 11.4. The Bertz CT molecular complexity index is 471. The van der Waals surface area contributed by atoms with Gasteiger partial charge in [-0.15, -0.1) is 0 Å². The third kappa shape index (κ3) is 3.11. The fourth-order valence-corrected chi connectivity index (χ4v) is 2.33. The van der Waals surface area contributed by atoms with E-state index >= 15 is 0 Å². The summed E-state index contributed by atoms with van der Waals surface area (Å²) in [5, 5.41) is 15.9. The van der Waals surface area contributed by atoms with E-state index in [9.17, 15) is 9.90 Å². The highest BCUT2D eigenvalue weighted by Crippen LogP contribution is 2.42. The average molecular weight is 278 g/mol. The second-order valence-corrected chi connectivity index (χ2v) is 5.83. The van der Waals surface area contributed by atoms with E-state index in [-0.39, 0.29) is 30.1 Å². The molecule has 1 fully saturated rings. The summed E-state index contributed by atoms with van der Waals surface area (Å²) in [6.45, 7) is 4.16. The number of aliphatic hydroxyl groups is 1. The topological polar surface area (TPSA) is 70.6 Å². The fourth-order valence-electron chi connectivity index (χ4n) is 2.33. The fraction of sp³-hybridized carbons (Fsp3) is 0.533. The first-order valence-electron chi connectivity index (χ1n) is 6.77. The van der Waals surface area contributed by atoms with Crippen LogP contribution in [0.1, 0.15) is 20.3 Å². The summed E-state index contributed by atoms with van der Waals surface area (Å²) in [5.74, 6) is -0.170. The number of hydrogen-bond acceptors (Lipinski definition) is 4. The molecule has 0 aromatic heterocycles. The van der Waals surface area contributed by atoms with Crippen LogP contribution in [-0.4, -0.2) is 36.9 Å². The molecule has 2 unspecified atom stereocenters. The van der Waals surface area contributed by atoms with E-state index in [1.54, 1.807) is 0 Å². The van der Waals surface area contributed by atoms with Crippen LogP contribution in [0.5, 0.6) is 0 Å². The van der Waals surface area contributed by atoms with Gasteiger partial charge in [0, 0.05) is 29.9 Å². The lowest BCUT2D eigenvalue weighted by atomic mass is 9.64. The molecule has 20 heavy (non-hydrogen) atoms. The molecule has 5 heteroatoms. The van der Waals surface area contributed by atoms with E-state index in [4.69, 9.17) is 4.74 Å². The van der Waals surface area contributed by atoms with Gasteiger partial charge in [0.1, 0.15) is 6.61 Å². The zero-order valence-corrected chi connectivity index (χ0v) is 12.1. The van der Waals surface area contributed by atoms with Gasteiger partial charge in [0.2, 0.25) is 5.91 Å². The molecule has 3 N–H and O–H groups in total. The number of anilines is 2. The Kier molecular flexibility index (Phi) is 4.30. The van der Waals surface area contributed by atoms with Crippen LogP contribution in [0.4, 0.5) is 11.4 Å². The van der Waals surface area contributed by atoms with Gasteiger partial charge >= 0.3 is 0 Å². The largest absolute Gasteiger partial charge is 0.392 e. The SMILES string of the molecule is COCC(=O)Nc1ccc(NC2CC(O)C2(C)C)cc1. The number of amides is 1. The zero-order chi connectivity index (χ0) is 14.8. The van der Waals surface area contributed by atoms with Crippen LogP contribution in [0.25, 0.3) is 0 Å². The molecular weight excluding hydrogens is 256 g/mol. The normalized spacial score (nSPS) is 23.8. The Balaban J connectivity index is 1.91. The Morgan fingerprint density at radius 1 is 1.35 bits per heavy atom. The van der Waals surface area contributed by atoms with Crippen LogP contribution in [0.15, 0.2) is 24.3 Å². The highest BCUT2D eigenvalue weighted by molar-refractivity contribution is 5.91. The van der Waals surface area contributed by atoms with Crippen molar-refractivity contribution in [2.75, 3.05) is 24.4 Å². The molecule has 1 aromatic carbocycles. The molecule has 2 atom stereocenters. The number of aliphatic hydroxyl groups excluding tert-OH is 1. The zero-order valence-electron chi connectivity index (χ0n) is 12.1. The summed E-state index contributed by atoms with van der Waals surface area (Å²) in [6.07, 6.45) is 0.520. The number of benzene rings is 1. The minimum Gasteiger partial charge on any atom is -0.392 e. The van der Waals surface area contributed by atoms with Crippen molar-refractivity contribution >= 4 is 17.3 Å². The predicted octanol–water partition coefficient (Wildman–Crippen LogP) is 1.84. The van der Waals surface area contributed by atoms with Crippen molar-refractivity contribution in [3.05, 3.63) is 24.3 Å². The summed E-state index contributed by atoms with van der Waals surface area (Å²) in [7, 11) is 1.49. The van der Waals surface area contributed by atoms with Gasteiger partial charge in [-0.05, 0) is 30.7 Å². The third-order valence-corrected chi connectivity index (χ3v) is 4.00. The second-order valence-electron chi connectivity index (χ2n) is 5.83. The van der Waals surface area contributed by atoms with Crippen molar-refractivity contribution in [1.29, 1.82) is 0 Å². The standard InChI is InChI=1S/C15H22N2O3/c1-15(2)12(8-13(15)18)16-10-4-6-11(7-5-10)17-14(19)9-20-3/h4-7,12-13,16,18H,8-9H2,1-3H3,(H,17,19). The minimum atomic E-state index is -0.243. The van der Waals surface area contributed by atoms with Crippen LogP contribution in [-0.2, 0) is 9.53 Å². The van der Waals surface area contributed by atoms with Crippen LogP contribution < -0.4 is 10.6 Å². The number of carbonyl (C=O) groups excluding carboxylic acids is 1. The predicted molar refractivity (Wildman–Crippen MR) is 78.8 cm³/mol. The van der Waals surface area contributed by atoms with Gasteiger partial charge in [-0.3, -0.25) is 4.79 Å². The smallest absolute Gasteiger partial charge is 0.250 e. The van der Waals surface area contributed by atoms with E-state index in [0.29, 0.717) is 0 Å². The van der Waals surface area contributed by atoms with Crippen molar-refractivity contribution in [3.63, 3.8) is 0 Å². The monoisotopic (exact) mass is 278 g/mol. The molecule has 1 aliphatic carbocycles. The van der Waals surface area contributed by atoms with Crippen molar-refractivity contribution in [3.8, 4) is 0 Å². The highest BCUT2D eigenvalue weighted by Gasteiger charge is 2.47. The van der Waals surface area contributed by atoms with Gasteiger partial charge in [-0.2, -0.15) is 0 Å². The van der Waals surface area contributed by atoms with Gasteiger partial charge in [-0.1, -0.05) is 13.8 Å². The van der Waals surface area contributed by atoms with Crippen LogP contribution >= 0.6 is 0 Å². The molecule has 1 aliphatic rings. The minimum absolute atomic E-state index is 0.0498. The van der Waals surface area contributed by atoms with E-state index in [1.165, 1.54) is 7.11 Å². The summed E-state index contributed by atoms with van der Waals surface area (Å²) in [5.41, 5.74) is 1.62. The lowest BCUT2D eigenvalue weighted by Crippen LogP contribution is -2.56. The molecule has 0 saturated heterocycles. The maximum Gasteiger partial charge on any atom is 0.250 e. The lowest BCUT2D eigenvalue weighted by Gasteiger charge is -2.49. The second kappa shape index (κ2) is 5.81. The van der Waals surface area contributed by atoms with Crippen molar-refractivity contribution in [2.45, 2.75) is 32.4 Å². The van der Waals surface area contributed by atoms with Gasteiger partial charge < -0.3 is 20.5 Å². The molecule has 2 rings (SSSR count). The molecule has 110 valence electrons. The Hall–Kier alpha value is -1.59. The van der Waals surface area contributed by atoms with Crippen molar-refractivity contribution < 1.29 is 14.6 Å². The number of rotatable bonds is 5. The summed E-state index contributed by atoms with van der Waals surface area (Å²) < 4.78 is 4.76. The van der Waals surface area contributed by atoms with E-state index in [1.807, 2.05) is 24.3 Å². The van der Waals surface area contributed by atoms with Gasteiger partial charge in [0.05, 0.1) is 6.10 Å². The molecule has 0 heterocycles. The first-order valence-corrected chi connectivity index (χ1v) is 6.77. The molecule has 0 aliphatic heterocycles. The van der Waals surface area contributed by atoms with Gasteiger partial charge in [0.15, 0.2) is 0 Å². The summed E-state index contributed by atoms with van der Waals surface area (Å²) in [4.78, 5) is 11.4. The first kappa shape index (κ1) is 14.8. The number of hydrogen-bond donors (Lipinski definition) is 3. The molecule has 0 bridgehead atoms. The molecule has 1 amide bonds. The molecule has 1 saturated carbocycles. The van der Waals surface area contributed by atoms with E-state index in [2.05, 4.69) is 24.5 Å². The average Bonchev–Trinajstić information content (AvgIpc) is 2.41. The van der Waals surface area contributed by atoms with E-state index in [0.717, 1.165) is 17.8 Å². The summed E-state index contributed by atoms with van der Waals surface area (Å²) in [6, 6.07) is 7.80. The maximum absolute atomic E-state index is 11.4. The van der Waals surface area contributed by atoms with E-state index < -0.39 is 0 Å². The Morgan fingerprint density at radius 2 is 1.95 bits per heavy atom. The Morgan fingerprint density at radius 3 is 2.45 bits per heavy atom. The van der Waals surface area contributed by atoms with Gasteiger partial charge in [0.25, 0.3) is 0 Å². The number of ether oxygens (including phenoxy) is 1. The molecule has 5 nitrogen and oxygen atoms in total. The summed E-state index contributed by atoms with van der Waals surface area (Å²) >= 11 is 0.